The number of carboxylic acids is 3. The van der Waals surface area contributed by atoms with Crippen molar-refractivity contribution in [3.8, 4) is 0 Å². The van der Waals surface area contributed by atoms with E-state index in [4.69, 9.17) is 0 Å². The van der Waals surface area contributed by atoms with E-state index >= 15 is 0 Å². The second-order valence-corrected chi connectivity index (χ2v) is 9.06. The largest absolute Gasteiger partial charge is 3.00 e. The van der Waals surface area contributed by atoms with E-state index in [0.717, 1.165) is 19.3 Å². The number of rotatable bonds is 15. The summed E-state index contributed by atoms with van der Waals surface area (Å²) in [4.78, 5) is 62.0. The Kier molecular flexibility index (Phi) is 27.7. The van der Waals surface area contributed by atoms with Gasteiger partial charge in [-0.1, -0.05) is 41.5 Å². The molecule has 0 atom stereocenters. The third kappa shape index (κ3) is 40.3. The van der Waals surface area contributed by atoms with Crippen molar-refractivity contribution in [1.29, 1.82) is 0 Å². The molecule has 9 nitrogen and oxygen atoms in total. The molecule has 34 heavy (non-hydrogen) atoms. The molecule has 0 aromatic heterocycles. The molecular weight excluding hydrogens is 488 g/mol. The van der Waals surface area contributed by atoms with Crippen LogP contribution in [0.3, 0.4) is 0 Å². The molecule has 0 heterocycles. The van der Waals surface area contributed by atoms with Gasteiger partial charge in [0.25, 0.3) is 0 Å². The van der Waals surface area contributed by atoms with Crippen molar-refractivity contribution in [2.24, 2.45) is 17.8 Å². The first-order chi connectivity index (χ1) is 15.1. The van der Waals surface area contributed by atoms with Crippen molar-refractivity contribution in [1.82, 2.24) is 0 Å². The minimum Gasteiger partial charge on any atom is -0.550 e. The number of hydrogen-bond acceptors (Lipinski definition) is 9. The Balaban J connectivity index is -0.000000196. The maximum absolute atomic E-state index is 10.7. The smallest absolute Gasteiger partial charge is 0.550 e. The summed E-state index contributed by atoms with van der Waals surface area (Å²) in [5, 5.41) is 29.8. The molecule has 0 rings (SSSR count). The van der Waals surface area contributed by atoms with Crippen molar-refractivity contribution < 1.29 is 61.2 Å². The first kappa shape index (κ1) is 39.2. The van der Waals surface area contributed by atoms with E-state index in [1.165, 1.54) is 0 Å². The van der Waals surface area contributed by atoms with Crippen LogP contribution in [-0.4, -0.2) is 35.3 Å². The monoisotopic (exact) mass is 527 g/mol. The molecule has 0 bridgehead atoms. The predicted octanol–water partition coefficient (Wildman–Crippen LogP) is 0.393. The summed E-state index contributed by atoms with van der Waals surface area (Å²) in [7, 11) is 0. The van der Waals surface area contributed by atoms with Crippen molar-refractivity contribution in [3.05, 3.63) is 0 Å². The van der Waals surface area contributed by atoms with Crippen molar-refractivity contribution >= 4 is 35.3 Å². The average molecular weight is 527 g/mol. The summed E-state index contributed by atoms with van der Waals surface area (Å²) in [6.07, 6.45) is 2.01. The second kappa shape index (κ2) is 24.1. The maximum Gasteiger partial charge on any atom is 3.00 e. The van der Waals surface area contributed by atoms with Gasteiger partial charge in [-0.2, -0.15) is 0 Å². The Morgan fingerprint density at radius 1 is 0.471 bits per heavy atom. The number of carbonyl (C=O) groups is 6. The molecule has 0 amide bonds. The Labute approximate surface area is 213 Å². The van der Waals surface area contributed by atoms with Gasteiger partial charge in [-0.05, 0) is 37.0 Å². The van der Waals surface area contributed by atoms with E-state index in [0.29, 0.717) is 37.0 Å². The third-order valence-electron chi connectivity index (χ3n) is 4.03. The molecule has 0 saturated heterocycles. The zero-order chi connectivity index (χ0) is 26.6. The SMILES string of the molecule is CC(C)CCC(=O)CC(=O)[O-].CC(C)CCC(=O)CC(=O)[O-].CC(C)CCC(=O)CC(=O)[O-].[Fe+3]. The molecule has 0 unspecified atom stereocenters. The van der Waals surface area contributed by atoms with Crippen LogP contribution < -0.4 is 15.3 Å². The summed E-state index contributed by atoms with van der Waals surface area (Å²) in [5.74, 6) is -3.21. The van der Waals surface area contributed by atoms with Gasteiger partial charge in [-0.25, -0.2) is 0 Å². The first-order valence-electron chi connectivity index (χ1n) is 11.2. The van der Waals surface area contributed by atoms with Crippen LogP contribution in [0.1, 0.15) is 99.3 Å². The average Bonchev–Trinajstić information content (AvgIpc) is 2.62. The summed E-state index contributed by atoms with van der Waals surface area (Å²) in [5.41, 5.74) is 0. The molecule has 0 saturated carbocycles. The van der Waals surface area contributed by atoms with Gasteiger partial charge in [-0.3, -0.25) is 14.4 Å². The fourth-order valence-electron chi connectivity index (χ4n) is 2.10. The summed E-state index contributed by atoms with van der Waals surface area (Å²) in [6, 6.07) is 0. The molecule has 0 fully saturated rings. The number of carbonyl (C=O) groups excluding carboxylic acids is 6. The van der Waals surface area contributed by atoms with Crippen LogP contribution in [0, 0.1) is 17.8 Å². The third-order valence-corrected chi connectivity index (χ3v) is 4.03. The molecule has 1 radical (unpaired) electrons. The predicted molar refractivity (Wildman–Crippen MR) is 116 cm³/mol. The summed E-state index contributed by atoms with van der Waals surface area (Å²) < 4.78 is 0. The van der Waals surface area contributed by atoms with E-state index < -0.39 is 37.2 Å². The van der Waals surface area contributed by atoms with Gasteiger partial charge in [0.2, 0.25) is 0 Å². The minimum atomic E-state index is -1.28. The number of hydrogen-bond donors (Lipinski definition) is 0. The van der Waals surface area contributed by atoms with E-state index in [-0.39, 0.29) is 34.4 Å². The minimum absolute atomic E-state index is 0. The van der Waals surface area contributed by atoms with Crippen LogP contribution in [-0.2, 0) is 45.8 Å². The van der Waals surface area contributed by atoms with Gasteiger partial charge in [0.1, 0.15) is 17.3 Å². The fraction of sp³-hybridized carbons (Fsp3) is 0.750. The standard InChI is InChI=1S/3C8H14O3.Fe/c3*1-6(2)3-4-7(9)5-8(10)11;/h3*6H,3-5H2,1-2H3,(H,10,11);/q;;;+3/p-3. The molecule has 0 spiro atoms. The zero-order valence-corrected chi connectivity index (χ0v) is 22.2. The summed E-state index contributed by atoms with van der Waals surface area (Å²) in [6.45, 7) is 12.0. The molecule has 10 heteroatoms. The van der Waals surface area contributed by atoms with Crippen molar-refractivity contribution in [3.63, 3.8) is 0 Å². The van der Waals surface area contributed by atoms with Crippen LogP contribution >= 0.6 is 0 Å². The first-order valence-corrected chi connectivity index (χ1v) is 11.2. The van der Waals surface area contributed by atoms with Gasteiger partial charge in [-0.15, -0.1) is 0 Å². The maximum atomic E-state index is 10.7. The van der Waals surface area contributed by atoms with E-state index in [1.807, 2.05) is 41.5 Å². The fourth-order valence-corrected chi connectivity index (χ4v) is 2.10. The second-order valence-electron chi connectivity index (χ2n) is 9.06. The Morgan fingerprint density at radius 3 is 0.765 bits per heavy atom. The Morgan fingerprint density at radius 2 is 0.647 bits per heavy atom. The van der Waals surface area contributed by atoms with Gasteiger partial charge in [0.05, 0.1) is 0 Å². The number of aliphatic carboxylic acids is 3. The summed E-state index contributed by atoms with van der Waals surface area (Å²) >= 11 is 0. The normalized spacial score (nSPS) is 9.79. The molecule has 0 N–H and O–H groups in total. The molecule has 0 aliphatic heterocycles. The quantitative estimate of drug-likeness (QED) is 0.216. The van der Waals surface area contributed by atoms with E-state index in [9.17, 15) is 44.1 Å². The van der Waals surface area contributed by atoms with Crippen LogP contribution in [0.15, 0.2) is 0 Å². The Bertz CT molecular complexity index is 540. The van der Waals surface area contributed by atoms with Crippen LogP contribution in [0.25, 0.3) is 0 Å². The molecule has 0 aromatic carbocycles. The van der Waals surface area contributed by atoms with E-state index in [2.05, 4.69) is 0 Å². The van der Waals surface area contributed by atoms with Gasteiger partial charge < -0.3 is 29.7 Å². The molecule has 197 valence electrons. The number of Topliss-reactive ketones (excluding diaryl/α,β-unsaturated/α-hetero) is 3. The van der Waals surface area contributed by atoms with Gasteiger partial charge in [0.15, 0.2) is 0 Å². The van der Waals surface area contributed by atoms with Crippen LogP contribution in [0.2, 0.25) is 0 Å². The molecule has 0 aliphatic rings. The molecular formula is C24H39FeO9. The topological polar surface area (TPSA) is 172 Å². The zero-order valence-electron chi connectivity index (χ0n) is 21.1. The number of carboxylic acid groups (broad SMARTS) is 3. The number of ketones is 3. The molecule has 0 aromatic rings. The van der Waals surface area contributed by atoms with E-state index in [1.54, 1.807) is 0 Å². The van der Waals surface area contributed by atoms with Crippen LogP contribution in [0.5, 0.6) is 0 Å². The van der Waals surface area contributed by atoms with Gasteiger partial charge >= 0.3 is 17.1 Å². The van der Waals surface area contributed by atoms with Crippen molar-refractivity contribution in [2.45, 2.75) is 99.3 Å². The molecule has 0 aliphatic carbocycles. The Hall–Kier alpha value is -2.06. The van der Waals surface area contributed by atoms with Gasteiger partial charge in [0, 0.05) is 56.4 Å². The van der Waals surface area contributed by atoms with Crippen molar-refractivity contribution in [2.75, 3.05) is 0 Å². The van der Waals surface area contributed by atoms with Crippen LogP contribution in [0.4, 0.5) is 0 Å².